The Kier molecular flexibility index (Phi) is 4.61. The SMILES string of the molecule is COc1ccccc1C1c2sc(=O)[nH]c2SC2C3CC(C4C(=O)N(c5ccc(F)cc5)C(=O)C34)C12. The van der Waals surface area contributed by atoms with Crippen molar-refractivity contribution in [3.8, 4) is 5.75 Å². The minimum atomic E-state index is -0.407. The van der Waals surface area contributed by atoms with Crippen molar-refractivity contribution < 1.29 is 18.7 Å². The van der Waals surface area contributed by atoms with Gasteiger partial charge in [-0.25, -0.2) is 4.39 Å². The van der Waals surface area contributed by atoms with Gasteiger partial charge in [0.1, 0.15) is 11.6 Å². The van der Waals surface area contributed by atoms with Crippen LogP contribution in [0.4, 0.5) is 10.1 Å². The van der Waals surface area contributed by atoms with Gasteiger partial charge in [-0.3, -0.25) is 19.3 Å². The second-order valence-electron chi connectivity index (χ2n) is 9.69. The maximum atomic E-state index is 13.7. The summed E-state index contributed by atoms with van der Waals surface area (Å²) in [7, 11) is 1.64. The highest BCUT2D eigenvalue weighted by Crippen LogP contribution is 2.69. The normalized spacial score (nSPS) is 32.5. The standard InChI is InChI=1S/C26H21FN2O4S2/c1-33-16-5-3-2-4-13(16)17-18-14-10-15(21(18)34-23-22(17)35-26(32)28-23)20-19(14)24(30)29(25(20)31)12-8-6-11(27)7-9-12/h2-9,14-15,17-21H,10H2,1H3,(H,28,32). The van der Waals surface area contributed by atoms with Crippen LogP contribution in [0.5, 0.6) is 5.75 Å². The van der Waals surface area contributed by atoms with Crippen molar-refractivity contribution in [1.82, 2.24) is 4.98 Å². The Labute approximate surface area is 208 Å². The van der Waals surface area contributed by atoms with Crippen molar-refractivity contribution in [2.24, 2.45) is 29.6 Å². The number of hydrogen-bond donors (Lipinski definition) is 1. The highest BCUT2D eigenvalue weighted by Gasteiger charge is 2.69. The summed E-state index contributed by atoms with van der Waals surface area (Å²) in [6.45, 7) is 0. The fourth-order valence-corrected chi connectivity index (χ4v) is 10.0. The zero-order chi connectivity index (χ0) is 24.0. The first-order chi connectivity index (χ1) is 17.0. The number of benzene rings is 2. The van der Waals surface area contributed by atoms with Crippen LogP contribution in [-0.4, -0.2) is 29.2 Å². The first-order valence-electron chi connectivity index (χ1n) is 11.6. The zero-order valence-electron chi connectivity index (χ0n) is 18.6. The largest absolute Gasteiger partial charge is 0.496 e. The second kappa shape index (κ2) is 7.54. The van der Waals surface area contributed by atoms with Gasteiger partial charge in [0.25, 0.3) is 0 Å². The molecule has 7 unspecified atom stereocenters. The van der Waals surface area contributed by atoms with Crippen LogP contribution in [-0.2, 0) is 9.59 Å². The maximum Gasteiger partial charge on any atom is 0.305 e. The van der Waals surface area contributed by atoms with Gasteiger partial charge in [0, 0.05) is 21.6 Å². The molecule has 178 valence electrons. The third-order valence-electron chi connectivity index (χ3n) is 8.28. The number of H-pyrrole nitrogens is 1. The second-order valence-corrected chi connectivity index (χ2v) is 11.9. The molecular weight excluding hydrogens is 487 g/mol. The van der Waals surface area contributed by atoms with E-state index in [4.69, 9.17) is 4.74 Å². The van der Waals surface area contributed by atoms with Gasteiger partial charge in [-0.15, -0.1) is 11.8 Å². The van der Waals surface area contributed by atoms with Gasteiger partial charge < -0.3 is 9.72 Å². The summed E-state index contributed by atoms with van der Waals surface area (Å²) in [5.41, 5.74) is 1.44. The molecule has 2 aliphatic carbocycles. The Bertz CT molecular complexity index is 1430. The molecule has 1 aromatic heterocycles. The first-order valence-corrected chi connectivity index (χ1v) is 13.3. The molecule has 7 rings (SSSR count). The topological polar surface area (TPSA) is 79.5 Å². The van der Waals surface area contributed by atoms with Crippen molar-refractivity contribution in [2.75, 3.05) is 12.0 Å². The van der Waals surface area contributed by atoms with E-state index < -0.39 is 11.7 Å². The lowest BCUT2D eigenvalue weighted by molar-refractivity contribution is -0.123. The number of carbonyl (C=O) groups excluding carboxylic acids is 2. The number of thioether (sulfide) groups is 1. The van der Waals surface area contributed by atoms with E-state index in [9.17, 15) is 18.8 Å². The third-order valence-corrected chi connectivity index (χ3v) is 10.9. The summed E-state index contributed by atoms with van der Waals surface area (Å²) in [4.78, 5) is 44.8. The quantitative estimate of drug-likeness (QED) is 0.535. The number of carbonyl (C=O) groups is 2. The van der Waals surface area contributed by atoms with Crippen molar-refractivity contribution in [2.45, 2.75) is 22.6 Å². The van der Waals surface area contributed by atoms with Crippen molar-refractivity contribution >= 4 is 40.6 Å². The molecule has 4 aliphatic rings. The van der Waals surface area contributed by atoms with Crippen LogP contribution in [0.3, 0.4) is 0 Å². The molecule has 2 bridgehead atoms. The molecule has 35 heavy (non-hydrogen) atoms. The maximum absolute atomic E-state index is 13.7. The van der Waals surface area contributed by atoms with Gasteiger partial charge in [0.05, 0.1) is 29.7 Å². The first kappa shape index (κ1) is 21.4. The van der Waals surface area contributed by atoms with E-state index in [0.717, 1.165) is 27.6 Å². The van der Waals surface area contributed by atoms with Gasteiger partial charge >= 0.3 is 4.87 Å². The van der Waals surface area contributed by atoms with E-state index in [1.54, 1.807) is 18.9 Å². The number of aromatic nitrogens is 1. The van der Waals surface area contributed by atoms with Gasteiger partial charge in [0.2, 0.25) is 11.8 Å². The van der Waals surface area contributed by atoms with Gasteiger partial charge in [0.15, 0.2) is 0 Å². The average molecular weight is 509 g/mol. The third kappa shape index (κ3) is 2.85. The van der Waals surface area contributed by atoms with E-state index in [-0.39, 0.29) is 51.5 Å². The summed E-state index contributed by atoms with van der Waals surface area (Å²) < 4.78 is 19.2. The molecule has 2 aromatic carbocycles. The van der Waals surface area contributed by atoms with Gasteiger partial charge in [-0.05, 0) is 54.5 Å². The number of imide groups is 1. The van der Waals surface area contributed by atoms with Crippen LogP contribution >= 0.6 is 23.1 Å². The Morgan fingerprint density at radius 3 is 2.46 bits per heavy atom. The number of methoxy groups -OCH3 is 1. The highest BCUT2D eigenvalue weighted by atomic mass is 32.2. The smallest absolute Gasteiger partial charge is 0.305 e. The lowest BCUT2D eigenvalue weighted by Gasteiger charge is -2.43. The summed E-state index contributed by atoms with van der Waals surface area (Å²) in [6.07, 6.45) is 0.817. The summed E-state index contributed by atoms with van der Waals surface area (Å²) >= 11 is 2.89. The Morgan fingerprint density at radius 2 is 1.71 bits per heavy atom. The van der Waals surface area contributed by atoms with Crippen molar-refractivity contribution in [3.05, 3.63) is 74.5 Å². The fourth-order valence-electron chi connectivity index (χ4n) is 7.13. The molecule has 6 nitrogen and oxygen atoms in total. The van der Waals surface area contributed by atoms with Crippen LogP contribution in [0.25, 0.3) is 0 Å². The Hall–Kier alpha value is -2.91. The predicted octanol–water partition coefficient (Wildman–Crippen LogP) is 4.26. The average Bonchev–Trinajstić information content (AvgIpc) is 3.59. The number of aromatic amines is 1. The van der Waals surface area contributed by atoms with E-state index in [2.05, 4.69) is 4.98 Å². The Balaban J connectivity index is 1.34. The summed E-state index contributed by atoms with van der Waals surface area (Å²) in [5.74, 6) is -0.718. The molecule has 2 aliphatic heterocycles. The number of fused-ring (bicyclic) bond motifs is 9. The molecule has 2 saturated carbocycles. The monoisotopic (exact) mass is 508 g/mol. The van der Waals surface area contributed by atoms with Gasteiger partial charge in [-0.1, -0.05) is 29.5 Å². The number of nitrogens with zero attached hydrogens (tertiary/aromatic N) is 1. The molecule has 1 saturated heterocycles. The number of ether oxygens (including phenoxy) is 1. The number of halogens is 1. The molecule has 0 spiro atoms. The van der Waals surface area contributed by atoms with E-state index in [1.807, 2.05) is 24.3 Å². The zero-order valence-corrected chi connectivity index (χ0v) is 20.3. The van der Waals surface area contributed by atoms with Crippen molar-refractivity contribution in [1.29, 1.82) is 0 Å². The van der Waals surface area contributed by atoms with Crippen molar-refractivity contribution in [3.63, 3.8) is 0 Å². The molecule has 7 atom stereocenters. The Morgan fingerprint density at radius 1 is 1.00 bits per heavy atom. The van der Waals surface area contributed by atoms with Crippen LogP contribution in [0.2, 0.25) is 0 Å². The predicted molar refractivity (Wildman–Crippen MR) is 130 cm³/mol. The van der Waals surface area contributed by atoms with E-state index >= 15 is 0 Å². The highest BCUT2D eigenvalue weighted by molar-refractivity contribution is 8.00. The molecule has 3 fully saturated rings. The number of rotatable bonds is 3. The number of amides is 2. The van der Waals surface area contributed by atoms with E-state index in [1.165, 1.54) is 40.5 Å². The van der Waals surface area contributed by atoms with E-state index in [0.29, 0.717) is 5.69 Å². The number of nitrogens with one attached hydrogen (secondary N) is 1. The molecule has 1 N–H and O–H groups in total. The minimum Gasteiger partial charge on any atom is -0.496 e. The minimum absolute atomic E-state index is 0.0182. The summed E-state index contributed by atoms with van der Waals surface area (Å²) in [6, 6.07) is 13.4. The van der Waals surface area contributed by atoms with Crippen LogP contribution in [0.1, 0.15) is 22.8 Å². The molecular formula is C26H21FN2O4S2. The lowest BCUT2D eigenvalue weighted by atomic mass is 9.68. The van der Waals surface area contributed by atoms with Gasteiger partial charge in [-0.2, -0.15) is 0 Å². The fraction of sp³-hybridized carbons (Fsp3) is 0.346. The molecule has 2 amide bonds. The number of hydrogen-bond acceptors (Lipinski definition) is 6. The molecule has 0 radical (unpaired) electrons. The summed E-state index contributed by atoms with van der Waals surface area (Å²) in [5, 5.41) is 0.979. The number of thiazole rings is 1. The van der Waals surface area contributed by atoms with Crippen LogP contribution in [0.15, 0.2) is 58.4 Å². The van der Waals surface area contributed by atoms with Crippen LogP contribution in [0, 0.1) is 35.4 Å². The number of anilines is 1. The molecule has 3 heterocycles. The molecule has 3 aromatic rings. The molecule has 9 heteroatoms. The van der Waals surface area contributed by atoms with Crippen LogP contribution < -0.4 is 14.5 Å². The number of para-hydroxylation sites is 1. The lowest BCUT2D eigenvalue weighted by Crippen LogP contribution is -2.42.